The van der Waals surface area contributed by atoms with Crippen LogP contribution >= 0.6 is 0 Å². The number of hydrogen-bond acceptors (Lipinski definition) is 7. The van der Waals surface area contributed by atoms with Gasteiger partial charge in [-0.25, -0.2) is 0 Å². The van der Waals surface area contributed by atoms with E-state index in [1.807, 2.05) is 23.1 Å². The first kappa shape index (κ1) is 30.1. The number of para-hydroxylation sites is 1. The second-order valence-electron chi connectivity index (χ2n) is 10.9. The highest BCUT2D eigenvalue weighted by atomic mass is 16.5. The fourth-order valence-electron chi connectivity index (χ4n) is 6.38. The van der Waals surface area contributed by atoms with E-state index in [0.29, 0.717) is 30.9 Å². The second kappa shape index (κ2) is 13.7. The van der Waals surface area contributed by atoms with Crippen LogP contribution in [0.1, 0.15) is 60.8 Å². The molecule has 2 heterocycles. The Hall–Kier alpha value is -3.83. The van der Waals surface area contributed by atoms with E-state index in [1.54, 1.807) is 21.3 Å². The summed E-state index contributed by atoms with van der Waals surface area (Å²) in [6, 6.07) is 14.3. The van der Waals surface area contributed by atoms with Gasteiger partial charge in [-0.2, -0.15) is 5.26 Å². The quantitative estimate of drug-likeness (QED) is 0.286. The monoisotopic (exact) mass is 558 g/mol. The highest BCUT2D eigenvalue weighted by molar-refractivity contribution is 5.85. The average Bonchev–Trinajstić information content (AvgIpc) is 3.35. The van der Waals surface area contributed by atoms with Gasteiger partial charge in [0.1, 0.15) is 12.3 Å². The average molecular weight is 559 g/mol. The van der Waals surface area contributed by atoms with E-state index in [2.05, 4.69) is 41.1 Å². The highest BCUT2D eigenvalue weighted by Gasteiger charge is 2.39. The first-order valence-electron chi connectivity index (χ1n) is 14.5. The zero-order chi connectivity index (χ0) is 29.4. The van der Waals surface area contributed by atoms with Gasteiger partial charge in [-0.3, -0.25) is 4.79 Å². The molecule has 2 aliphatic heterocycles. The van der Waals surface area contributed by atoms with Gasteiger partial charge in [0.2, 0.25) is 5.91 Å². The lowest BCUT2D eigenvalue weighted by Crippen LogP contribution is -2.43. The zero-order valence-corrected chi connectivity index (χ0v) is 24.6. The Morgan fingerprint density at radius 3 is 2.59 bits per heavy atom. The minimum Gasteiger partial charge on any atom is -0.493 e. The fraction of sp³-hybridized carbons (Fsp3) is 0.485. The number of likely N-dealkylation sites (N-methyl/N-ethyl adjacent to an activating group) is 1. The highest BCUT2D eigenvalue weighted by Crippen LogP contribution is 2.44. The molecule has 0 radical (unpaired) electrons. The van der Waals surface area contributed by atoms with Crippen LogP contribution in [0.15, 0.2) is 43.0 Å². The van der Waals surface area contributed by atoms with Crippen molar-refractivity contribution in [1.29, 1.82) is 5.26 Å². The van der Waals surface area contributed by atoms with E-state index >= 15 is 0 Å². The Bertz CT molecular complexity index is 1290. The van der Waals surface area contributed by atoms with Crippen molar-refractivity contribution < 1.29 is 19.1 Å². The maximum Gasteiger partial charge on any atom is 0.242 e. The summed E-state index contributed by atoms with van der Waals surface area (Å²) in [4.78, 5) is 28.1. The predicted octanol–water partition coefficient (Wildman–Crippen LogP) is 4.46. The number of carbonyl (C=O) groups excluding carboxylic acids is 2. The van der Waals surface area contributed by atoms with E-state index in [9.17, 15) is 14.9 Å². The molecule has 0 bridgehead atoms. The SMILES string of the molecule is C=C1c2cccc(CCCCN3CCC(C#N)(c4cccc(OC)c4OC)CC3)c2CN1C(CCC=O)C(=O)NC. The number of nitriles is 1. The number of likely N-dealkylation sites (tertiary alicyclic amines) is 1. The molecule has 1 atom stereocenters. The lowest BCUT2D eigenvalue weighted by Gasteiger charge is -2.38. The van der Waals surface area contributed by atoms with Gasteiger partial charge in [0.05, 0.1) is 25.7 Å². The molecule has 0 spiro atoms. The van der Waals surface area contributed by atoms with E-state index in [1.165, 1.54) is 11.1 Å². The number of ether oxygens (including phenoxy) is 2. The van der Waals surface area contributed by atoms with Gasteiger partial charge in [-0.05, 0) is 75.4 Å². The van der Waals surface area contributed by atoms with Crippen LogP contribution in [-0.4, -0.2) is 68.9 Å². The molecule has 41 heavy (non-hydrogen) atoms. The van der Waals surface area contributed by atoms with Crippen molar-refractivity contribution in [3.8, 4) is 17.6 Å². The molecule has 1 N–H and O–H groups in total. The molecule has 1 unspecified atom stereocenters. The third kappa shape index (κ3) is 6.25. The fourth-order valence-corrected chi connectivity index (χ4v) is 6.38. The summed E-state index contributed by atoms with van der Waals surface area (Å²) < 4.78 is 11.1. The van der Waals surface area contributed by atoms with Crippen LogP contribution in [0, 0.1) is 11.3 Å². The molecule has 1 fully saturated rings. The molecule has 8 nitrogen and oxygen atoms in total. The molecule has 2 aliphatic rings. The number of carbonyl (C=O) groups is 2. The zero-order valence-electron chi connectivity index (χ0n) is 24.6. The van der Waals surface area contributed by atoms with Crippen molar-refractivity contribution >= 4 is 17.9 Å². The maximum absolute atomic E-state index is 12.6. The van der Waals surface area contributed by atoms with Gasteiger partial charge < -0.3 is 29.4 Å². The van der Waals surface area contributed by atoms with Crippen LogP contribution in [0.3, 0.4) is 0 Å². The summed E-state index contributed by atoms with van der Waals surface area (Å²) in [5.74, 6) is 1.23. The third-order valence-corrected chi connectivity index (χ3v) is 8.75. The number of aryl methyl sites for hydroxylation is 1. The Balaban J connectivity index is 1.33. The minimum absolute atomic E-state index is 0.0887. The third-order valence-electron chi connectivity index (χ3n) is 8.75. The van der Waals surface area contributed by atoms with Crippen molar-refractivity contribution in [2.45, 2.75) is 62.9 Å². The van der Waals surface area contributed by atoms with E-state index in [4.69, 9.17) is 9.47 Å². The summed E-state index contributed by atoms with van der Waals surface area (Å²) in [7, 11) is 4.88. The first-order chi connectivity index (χ1) is 19.9. The van der Waals surface area contributed by atoms with Crippen LogP contribution in [-0.2, 0) is 28.0 Å². The largest absolute Gasteiger partial charge is 0.493 e. The number of fused-ring (bicyclic) bond motifs is 1. The summed E-state index contributed by atoms with van der Waals surface area (Å²) in [6.07, 6.45) is 6.27. The maximum atomic E-state index is 12.6. The summed E-state index contributed by atoms with van der Waals surface area (Å²) in [5.41, 5.74) is 4.82. The van der Waals surface area contributed by atoms with Crippen molar-refractivity contribution in [3.63, 3.8) is 0 Å². The molecule has 8 heteroatoms. The van der Waals surface area contributed by atoms with Crippen LogP contribution in [0.2, 0.25) is 0 Å². The van der Waals surface area contributed by atoms with Gasteiger partial charge in [-0.1, -0.05) is 36.9 Å². The number of benzene rings is 2. The number of nitrogens with one attached hydrogen (secondary N) is 1. The Morgan fingerprint density at radius 1 is 1.17 bits per heavy atom. The van der Waals surface area contributed by atoms with Crippen molar-refractivity contribution in [1.82, 2.24) is 15.1 Å². The number of hydrogen-bond donors (Lipinski definition) is 1. The molecule has 0 aliphatic carbocycles. The molecule has 0 saturated carbocycles. The molecule has 2 aromatic rings. The molecule has 2 aromatic carbocycles. The summed E-state index contributed by atoms with van der Waals surface area (Å²) in [6.45, 7) is 7.66. The molecule has 0 aromatic heterocycles. The number of rotatable bonds is 13. The standard InChI is InChI=1S/C33H42N4O4/c1-24-26-12-7-11-25(27(26)22-37(24)29(14-9-21-38)32(39)35-2)10-5-6-18-36-19-16-33(23-34,17-20-36)28-13-8-15-30(40-3)31(28)41-4/h7-8,11-13,15,21,29H,1,5-6,9-10,14,16-20,22H2,2-4H3,(H,35,39). The number of unbranched alkanes of at least 4 members (excludes halogenated alkanes) is 1. The molecule has 1 amide bonds. The molecule has 218 valence electrons. The van der Waals surface area contributed by atoms with Gasteiger partial charge in [0.15, 0.2) is 11.5 Å². The van der Waals surface area contributed by atoms with Crippen molar-refractivity contribution in [2.75, 3.05) is 40.9 Å². The molecular formula is C33H42N4O4. The van der Waals surface area contributed by atoms with Crippen LogP contribution in [0.4, 0.5) is 0 Å². The smallest absolute Gasteiger partial charge is 0.242 e. The topological polar surface area (TPSA) is 94.9 Å². The number of amides is 1. The van der Waals surface area contributed by atoms with Crippen molar-refractivity contribution in [2.24, 2.45) is 0 Å². The molecule has 1 saturated heterocycles. The van der Waals surface area contributed by atoms with E-state index in [-0.39, 0.29) is 5.91 Å². The van der Waals surface area contributed by atoms with E-state index < -0.39 is 11.5 Å². The van der Waals surface area contributed by atoms with E-state index in [0.717, 1.165) is 74.8 Å². The van der Waals surface area contributed by atoms with Crippen LogP contribution < -0.4 is 14.8 Å². The first-order valence-corrected chi connectivity index (χ1v) is 14.5. The lowest BCUT2D eigenvalue weighted by atomic mass is 9.73. The Labute approximate surface area is 243 Å². The van der Waals surface area contributed by atoms with Gasteiger partial charge in [-0.15, -0.1) is 0 Å². The van der Waals surface area contributed by atoms with Crippen LogP contribution in [0.25, 0.3) is 5.70 Å². The Morgan fingerprint density at radius 2 is 1.93 bits per heavy atom. The summed E-state index contributed by atoms with van der Waals surface area (Å²) >= 11 is 0. The van der Waals surface area contributed by atoms with Gasteiger partial charge in [0.25, 0.3) is 0 Å². The van der Waals surface area contributed by atoms with Gasteiger partial charge >= 0.3 is 0 Å². The normalized spacial score (nSPS) is 16.9. The minimum atomic E-state index is -0.576. The Kier molecular flexibility index (Phi) is 10.1. The number of nitrogens with zero attached hydrogens (tertiary/aromatic N) is 3. The number of methoxy groups -OCH3 is 2. The number of aldehydes is 1. The lowest BCUT2D eigenvalue weighted by molar-refractivity contribution is -0.125. The molecular weight excluding hydrogens is 516 g/mol. The number of piperidine rings is 1. The van der Waals surface area contributed by atoms with Crippen LogP contribution in [0.5, 0.6) is 11.5 Å². The van der Waals surface area contributed by atoms with Gasteiger partial charge in [0, 0.05) is 36.8 Å². The summed E-state index contributed by atoms with van der Waals surface area (Å²) in [5, 5.41) is 13.0. The predicted molar refractivity (Wildman–Crippen MR) is 160 cm³/mol. The second-order valence-corrected chi connectivity index (χ2v) is 10.9. The van der Waals surface area contributed by atoms with Crippen molar-refractivity contribution in [3.05, 3.63) is 65.2 Å². The molecule has 4 rings (SSSR count).